The third kappa shape index (κ3) is 2.45. The van der Waals surface area contributed by atoms with Gasteiger partial charge in [-0.05, 0) is 37.0 Å². The summed E-state index contributed by atoms with van der Waals surface area (Å²) in [6.45, 7) is -0.585. The minimum atomic E-state index is -0.481. The van der Waals surface area contributed by atoms with Crippen LogP contribution in [0.2, 0.25) is 0 Å². The van der Waals surface area contributed by atoms with Crippen LogP contribution in [0.4, 0.5) is 0 Å². The molecule has 0 atom stereocenters. The number of aromatic nitrogens is 2. The first-order chi connectivity index (χ1) is 13.5. The van der Waals surface area contributed by atoms with Crippen LogP contribution in [0.5, 0.6) is 0 Å². The Labute approximate surface area is 163 Å². The van der Waals surface area contributed by atoms with Crippen LogP contribution in [0.3, 0.4) is 0 Å². The molecule has 0 spiro atoms. The van der Waals surface area contributed by atoms with Crippen molar-refractivity contribution in [1.29, 1.82) is 0 Å². The van der Waals surface area contributed by atoms with Crippen LogP contribution in [-0.2, 0) is 24.2 Å². The van der Waals surface area contributed by atoms with Crippen LogP contribution in [0.25, 0.3) is 10.2 Å². The monoisotopic (exact) mass is 393 g/mol. The molecule has 0 saturated heterocycles. The standard InChI is InChI=1S/C20H15N3O4S/c24-11(9-23-18(25)12-4-1-2-5-13(12)19(23)26)8-22-10-21-17-16(20(22)27)14-6-3-7-15(14)28-17/h1-2,4-5,10H,3,6-9H2. The number of benzene rings is 1. The van der Waals surface area contributed by atoms with Crippen molar-refractivity contribution in [3.05, 3.63) is 62.5 Å². The first-order valence-corrected chi connectivity index (χ1v) is 9.83. The van der Waals surface area contributed by atoms with Crippen molar-refractivity contribution in [3.63, 3.8) is 0 Å². The molecular weight excluding hydrogens is 378 g/mol. The Kier molecular flexibility index (Phi) is 3.77. The number of carbonyl (C=O) groups excluding carboxylic acids is 3. The maximum atomic E-state index is 12.9. The Morgan fingerprint density at radius 1 is 1.04 bits per heavy atom. The lowest BCUT2D eigenvalue weighted by Gasteiger charge is -2.13. The minimum absolute atomic E-state index is 0.222. The Balaban J connectivity index is 1.40. The summed E-state index contributed by atoms with van der Waals surface area (Å²) in [6.07, 6.45) is 4.23. The molecule has 0 unspecified atom stereocenters. The van der Waals surface area contributed by atoms with E-state index in [2.05, 4.69) is 4.98 Å². The van der Waals surface area contributed by atoms with Crippen molar-refractivity contribution in [2.75, 3.05) is 6.54 Å². The fourth-order valence-electron chi connectivity index (χ4n) is 3.93. The number of aryl methyl sites for hydroxylation is 2. The van der Waals surface area contributed by atoms with E-state index in [1.54, 1.807) is 35.6 Å². The molecule has 28 heavy (non-hydrogen) atoms. The van der Waals surface area contributed by atoms with Crippen molar-refractivity contribution in [1.82, 2.24) is 14.5 Å². The topological polar surface area (TPSA) is 89.3 Å². The van der Waals surface area contributed by atoms with E-state index in [0.29, 0.717) is 21.3 Å². The number of nitrogens with zero attached hydrogens (tertiary/aromatic N) is 3. The van der Waals surface area contributed by atoms with E-state index < -0.39 is 17.6 Å². The number of carbonyl (C=O) groups is 3. The summed E-state index contributed by atoms with van der Waals surface area (Å²) in [5.74, 6) is -1.36. The predicted octanol–water partition coefficient (Wildman–Crippen LogP) is 1.81. The van der Waals surface area contributed by atoms with Gasteiger partial charge >= 0.3 is 0 Å². The minimum Gasteiger partial charge on any atom is -0.296 e. The summed E-state index contributed by atoms with van der Waals surface area (Å²) in [5.41, 5.74) is 1.42. The van der Waals surface area contributed by atoms with Crippen LogP contribution in [0.15, 0.2) is 35.4 Å². The van der Waals surface area contributed by atoms with Crippen LogP contribution in [0.1, 0.15) is 37.6 Å². The van der Waals surface area contributed by atoms with Gasteiger partial charge in [0.15, 0.2) is 5.78 Å². The number of hydrogen-bond donors (Lipinski definition) is 0. The summed E-state index contributed by atoms with van der Waals surface area (Å²) in [5, 5.41) is 0.605. The van der Waals surface area contributed by atoms with Gasteiger partial charge in [0.2, 0.25) is 0 Å². The highest BCUT2D eigenvalue weighted by Gasteiger charge is 2.36. The molecule has 8 heteroatoms. The quantitative estimate of drug-likeness (QED) is 0.631. The average Bonchev–Trinajstić information content (AvgIpc) is 3.34. The molecule has 0 radical (unpaired) electrons. The number of imide groups is 1. The number of hydrogen-bond acceptors (Lipinski definition) is 6. The zero-order valence-corrected chi connectivity index (χ0v) is 15.6. The highest BCUT2D eigenvalue weighted by Crippen LogP contribution is 2.34. The lowest BCUT2D eigenvalue weighted by atomic mass is 10.1. The summed E-state index contributed by atoms with van der Waals surface area (Å²) < 4.78 is 1.27. The van der Waals surface area contributed by atoms with E-state index in [9.17, 15) is 19.2 Å². The molecule has 2 aliphatic rings. The number of ketones is 1. The Bertz CT molecular complexity index is 1200. The molecule has 1 aromatic carbocycles. The summed E-state index contributed by atoms with van der Waals surface area (Å²) in [4.78, 5) is 57.4. The van der Waals surface area contributed by atoms with Crippen LogP contribution in [0, 0.1) is 0 Å². The van der Waals surface area contributed by atoms with Crippen LogP contribution < -0.4 is 5.56 Å². The van der Waals surface area contributed by atoms with E-state index in [-0.39, 0.29) is 18.6 Å². The first kappa shape index (κ1) is 17.0. The van der Waals surface area contributed by atoms with Gasteiger partial charge in [0.25, 0.3) is 17.4 Å². The normalized spacial score (nSPS) is 15.4. The second-order valence-electron chi connectivity index (χ2n) is 7.00. The Morgan fingerprint density at radius 2 is 1.75 bits per heavy atom. The Morgan fingerprint density at radius 3 is 2.46 bits per heavy atom. The van der Waals surface area contributed by atoms with Gasteiger partial charge in [-0.2, -0.15) is 0 Å². The molecule has 3 aromatic rings. The van der Waals surface area contributed by atoms with Crippen molar-refractivity contribution < 1.29 is 14.4 Å². The highest BCUT2D eigenvalue weighted by molar-refractivity contribution is 7.18. The number of Topliss-reactive ketones (excluding diaryl/α,β-unsaturated/α-hetero) is 1. The van der Waals surface area contributed by atoms with Crippen LogP contribution in [-0.4, -0.2) is 38.6 Å². The fourth-order valence-corrected chi connectivity index (χ4v) is 5.15. The average molecular weight is 393 g/mol. The fraction of sp³-hybridized carbons (Fsp3) is 0.250. The van der Waals surface area contributed by atoms with E-state index in [1.807, 2.05) is 0 Å². The highest BCUT2D eigenvalue weighted by atomic mass is 32.1. The van der Waals surface area contributed by atoms with Gasteiger partial charge in [0.05, 0.1) is 35.9 Å². The molecule has 0 saturated carbocycles. The summed E-state index contributed by atoms with van der Waals surface area (Å²) in [6, 6.07) is 6.49. The second kappa shape index (κ2) is 6.20. The number of amides is 2. The van der Waals surface area contributed by atoms with Gasteiger partial charge in [-0.3, -0.25) is 28.6 Å². The largest absolute Gasteiger partial charge is 0.296 e. The summed E-state index contributed by atoms with van der Waals surface area (Å²) in [7, 11) is 0. The molecule has 1 aliphatic carbocycles. The second-order valence-corrected chi connectivity index (χ2v) is 8.08. The van der Waals surface area contributed by atoms with Crippen molar-refractivity contribution in [2.24, 2.45) is 0 Å². The molecule has 2 aromatic heterocycles. The first-order valence-electron chi connectivity index (χ1n) is 9.01. The number of thiophene rings is 1. The van der Waals surface area contributed by atoms with E-state index in [0.717, 1.165) is 29.7 Å². The van der Waals surface area contributed by atoms with Gasteiger partial charge in [-0.25, -0.2) is 4.98 Å². The molecule has 5 rings (SSSR count). The van der Waals surface area contributed by atoms with Gasteiger partial charge in [0.1, 0.15) is 4.83 Å². The summed E-state index contributed by atoms with van der Waals surface area (Å²) >= 11 is 1.54. The zero-order valence-electron chi connectivity index (χ0n) is 14.8. The van der Waals surface area contributed by atoms with Crippen molar-refractivity contribution in [3.8, 4) is 0 Å². The van der Waals surface area contributed by atoms with Gasteiger partial charge in [-0.15, -0.1) is 11.3 Å². The lowest BCUT2D eigenvalue weighted by Crippen LogP contribution is -2.37. The van der Waals surface area contributed by atoms with E-state index >= 15 is 0 Å². The maximum absolute atomic E-state index is 12.9. The van der Waals surface area contributed by atoms with Gasteiger partial charge in [0, 0.05) is 4.88 Å². The van der Waals surface area contributed by atoms with E-state index in [4.69, 9.17) is 0 Å². The molecule has 1 aliphatic heterocycles. The molecule has 7 nitrogen and oxygen atoms in total. The lowest BCUT2D eigenvalue weighted by molar-refractivity contribution is -0.120. The van der Waals surface area contributed by atoms with Crippen molar-refractivity contribution in [2.45, 2.75) is 25.8 Å². The molecule has 2 amide bonds. The molecule has 0 N–H and O–H groups in total. The maximum Gasteiger partial charge on any atom is 0.262 e. The molecule has 0 fully saturated rings. The van der Waals surface area contributed by atoms with E-state index in [1.165, 1.54) is 15.8 Å². The third-order valence-corrected chi connectivity index (χ3v) is 6.45. The number of rotatable bonds is 4. The number of fused-ring (bicyclic) bond motifs is 4. The van der Waals surface area contributed by atoms with Crippen molar-refractivity contribution >= 4 is 39.2 Å². The molecule has 140 valence electrons. The predicted molar refractivity (Wildman–Crippen MR) is 103 cm³/mol. The van der Waals surface area contributed by atoms with Crippen LogP contribution >= 0.6 is 11.3 Å². The SMILES string of the molecule is O=C(CN1C(=O)c2ccccc2C1=O)Cn1cnc2sc3c(c2c1=O)CCC3. The molecule has 0 bridgehead atoms. The molecule has 3 heterocycles. The Hall–Kier alpha value is -3.13. The molecular formula is C20H15N3O4S. The third-order valence-electron chi connectivity index (χ3n) is 5.25. The van der Waals surface area contributed by atoms with Gasteiger partial charge < -0.3 is 0 Å². The zero-order chi connectivity index (χ0) is 19.4. The van der Waals surface area contributed by atoms with Gasteiger partial charge in [-0.1, -0.05) is 12.1 Å². The smallest absolute Gasteiger partial charge is 0.262 e.